The Bertz CT molecular complexity index is 650. The van der Waals surface area contributed by atoms with E-state index in [-0.39, 0.29) is 11.5 Å². The Morgan fingerprint density at radius 2 is 1.67 bits per heavy atom. The molecule has 0 aliphatic rings. The summed E-state index contributed by atoms with van der Waals surface area (Å²) in [4.78, 5) is 12.8. The molecule has 4 nitrogen and oxygen atoms in total. The van der Waals surface area contributed by atoms with Crippen molar-refractivity contribution in [3.8, 4) is 11.5 Å². The lowest BCUT2D eigenvalue weighted by Gasteiger charge is -2.05. The molecule has 0 N–H and O–H groups in total. The van der Waals surface area contributed by atoms with E-state index in [1.165, 1.54) is 0 Å². The number of ether oxygens (including phenoxy) is 2. The molecule has 0 saturated carbocycles. The van der Waals surface area contributed by atoms with E-state index >= 15 is 0 Å². The first kappa shape index (κ1) is 15.3. The summed E-state index contributed by atoms with van der Waals surface area (Å²) in [6, 6.07) is 13.7. The van der Waals surface area contributed by atoms with E-state index in [0.29, 0.717) is 22.0 Å². The fourth-order valence-corrected chi connectivity index (χ4v) is 2.82. The highest BCUT2D eigenvalue weighted by Gasteiger charge is 2.13. The minimum atomic E-state index is -1.38. The van der Waals surface area contributed by atoms with Crippen LogP contribution in [0.25, 0.3) is 0 Å². The maximum atomic E-state index is 12.2. The third kappa shape index (κ3) is 3.92. The number of carbonyl (C=O) groups excluding carboxylic acids is 1. The molecule has 5 heteroatoms. The molecule has 1 unspecified atom stereocenters. The molecule has 0 spiro atoms. The Morgan fingerprint density at radius 3 is 2.29 bits per heavy atom. The molecule has 0 saturated heterocycles. The normalized spacial score (nSPS) is 11.7. The van der Waals surface area contributed by atoms with Crippen molar-refractivity contribution in [1.82, 2.24) is 0 Å². The predicted octanol–water partition coefficient (Wildman–Crippen LogP) is 2.69. The van der Waals surface area contributed by atoms with E-state index in [0.717, 1.165) is 0 Å². The van der Waals surface area contributed by atoms with Gasteiger partial charge in [-0.3, -0.25) is 9.00 Å². The summed E-state index contributed by atoms with van der Waals surface area (Å²) in [5, 5.41) is 0. The molecule has 2 aromatic rings. The fraction of sp³-hybridized carbons (Fsp3) is 0.188. The van der Waals surface area contributed by atoms with Crippen LogP contribution in [-0.4, -0.2) is 30.0 Å². The highest BCUT2D eigenvalue weighted by molar-refractivity contribution is 7.85. The highest BCUT2D eigenvalue weighted by atomic mass is 32.2. The lowest BCUT2D eigenvalue weighted by Crippen LogP contribution is -2.11. The Morgan fingerprint density at radius 1 is 1.00 bits per heavy atom. The molecule has 0 heterocycles. The van der Waals surface area contributed by atoms with Crippen LogP contribution in [0.2, 0.25) is 0 Å². The lowest BCUT2D eigenvalue weighted by molar-refractivity contribution is 0.102. The monoisotopic (exact) mass is 304 g/mol. The molecule has 0 amide bonds. The first-order valence-electron chi connectivity index (χ1n) is 6.33. The maximum Gasteiger partial charge on any atom is 0.175 e. The van der Waals surface area contributed by atoms with Gasteiger partial charge in [-0.1, -0.05) is 12.1 Å². The van der Waals surface area contributed by atoms with Gasteiger partial charge in [0.1, 0.15) is 11.5 Å². The molecular weight excluding hydrogens is 288 g/mol. The summed E-state index contributed by atoms with van der Waals surface area (Å²) in [5.74, 6) is 1.06. The number of carbonyl (C=O) groups is 1. The standard InChI is InChI=1S/C16H16O4S/c1-19-13-6-8-15(9-7-13)21(18)11-16(17)12-4-3-5-14(10-12)20-2/h3-10H,11H2,1-2H3. The predicted molar refractivity (Wildman–Crippen MR) is 81.6 cm³/mol. The second kappa shape index (κ2) is 7.04. The first-order valence-corrected chi connectivity index (χ1v) is 7.65. The highest BCUT2D eigenvalue weighted by Crippen LogP contribution is 2.17. The van der Waals surface area contributed by atoms with E-state index in [1.807, 2.05) is 0 Å². The maximum absolute atomic E-state index is 12.2. The number of hydrogen-bond acceptors (Lipinski definition) is 4. The van der Waals surface area contributed by atoms with Gasteiger partial charge in [0.05, 0.1) is 30.8 Å². The lowest BCUT2D eigenvalue weighted by atomic mass is 10.1. The van der Waals surface area contributed by atoms with E-state index < -0.39 is 10.8 Å². The van der Waals surface area contributed by atoms with Crippen LogP contribution in [0.5, 0.6) is 11.5 Å². The van der Waals surface area contributed by atoms with Gasteiger partial charge >= 0.3 is 0 Å². The molecule has 0 aliphatic heterocycles. The Kier molecular flexibility index (Phi) is 5.11. The average Bonchev–Trinajstić information content (AvgIpc) is 2.54. The fourth-order valence-electron chi connectivity index (χ4n) is 1.81. The second-order valence-electron chi connectivity index (χ2n) is 4.32. The quantitative estimate of drug-likeness (QED) is 0.770. The number of Topliss-reactive ketones (excluding diaryl/α,β-unsaturated/α-hetero) is 1. The minimum Gasteiger partial charge on any atom is -0.497 e. The van der Waals surface area contributed by atoms with Crippen molar-refractivity contribution < 1.29 is 18.5 Å². The molecule has 2 aromatic carbocycles. The Hall–Kier alpha value is -2.14. The van der Waals surface area contributed by atoms with Crippen molar-refractivity contribution in [1.29, 1.82) is 0 Å². The van der Waals surface area contributed by atoms with Crippen molar-refractivity contribution in [2.75, 3.05) is 20.0 Å². The van der Waals surface area contributed by atoms with Crippen LogP contribution in [0.3, 0.4) is 0 Å². The summed E-state index contributed by atoms with van der Waals surface area (Å²) in [7, 11) is 1.73. The van der Waals surface area contributed by atoms with Crippen molar-refractivity contribution in [2.45, 2.75) is 4.90 Å². The molecule has 110 valence electrons. The summed E-state index contributed by atoms with van der Waals surface area (Å²) >= 11 is 0. The van der Waals surface area contributed by atoms with Gasteiger partial charge in [0.25, 0.3) is 0 Å². The third-order valence-corrected chi connectivity index (χ3v) is 4.30. The summed E-state index contributed by atoms with van der Waals surface area (Å²) < 4.78 is 22.3. The van der Waals surface area contributed by atoms with Crippen molar-refractivity contribution >= 4 is 16.6 Å². The first-order chi connectivity index (χ1) is 10.1. The van der Waals surface area contributed by atoms with Gasteiger partial charge < -0.3 is 9.47 Å². The van der Waals surface area contributed by atoms with Crippen LogP contribution < -0.4 is 9.47 Å². The van der Waals surface area contributed by atoms with Crippen LogP contribution in [0.4, 0.5) is 0 Å². The van der Waals surface area contributed by atoms with Gasteiger partial charge in [0.2, 0.25) is 0 Å². The number of methoxy groups -OCH3 is 2. The van der Waals surface area contributed by atoms with Crippen LogP contribution in [-0.2, 0) is 10.8 Å². The molecule has 0 aliphatic carbocycles. The topological polar surface area (TPSA) is 52.6 Å². The van der Waals surface area contributed by atoms with Crippen LogP contribution >= 0.6 is 0 Å². The van der Waals surface area contributed by atoms with E-state index in [1.54, 1.807) is 62.8 Å². The number of hydrogen-bond donors (Lipinski definition) is 0. The molecule has 0 fully saturated rings. The van der Waals surface area contributed by atoms with Gasteiger partial charge in [-0.15, -0.1) is 0 Å². The summed E-state index contributed by atoms with van der Waals surface area (Å²) in [5.41, 5.74) is 0.496. The molecule has 0 radical (unpaired) electrons. The summed E-state index contributed by atoms with van der Waals surface area (Å²) in [6.07, 6.45) is 0. The molecule has 2 rings (SSSR count). The van der Waals surface area contributed by atoms with Gasteiger partial charge in [-0.2, -0.15) is 0 Å². The zero-order chi connectivity index (χ0) is 15.2. The Labute approximate surface area is 126 Å². The number of ketones is 1. The van der Waals surface area contributed by atoms with Crippen LogP contribution in [0.1, 0.15) is 10.4 Å². The van der Waals surface area contributed by atoms with Gasteiger partial charge in [0, 0.05) is 10.5 Å². The van der Waals surface area contributed by atoms with E-state index in [9.17, 15) is 9.00 Å². The molecular formula is C16H16O4S. The van der Waals surface area contributed by atoms with Crippen molar-refractivity contribution in [2.24, 2.45) is 0 Å². The molecule has 0 bridgehead atoms. The SMILES string of the molecule is COc1ccc(S(=O)CC(=O)c2cccc(OC)c2)cc1. The summed E-state index contributed by atoms with van der Waals surface area (Å²) in [6.45, 7) is 0. The van der Waals surface area contributed by atoms with Crippen LogP contribution in [0.15, 0.2) is 53.4 Å². The average molecular weight is 304 g/mol. The van der Waals surface area contributed by atoms with Gasteiger partial charge in [-0.05, 0) is 36.4 Å². The van der Waals surface area contributed by atoms with Crippen molar-refractivity contribution in [3.63, 3.8) is 0 Å². The number of benzene rings is 2. The van der Waals surface area contributed by atoms with Crippen LogP contribution in [0, 0.1) is 0 Å². The molecule has 0 aromatic heterocycles. The zero-order valence-electron chi connectivity index (χ0n) is 11.9. The smallest absolute Gasteiger partial charge is 0.175 e. The Balaban J connectivity index is 2.08. The third-order valence-electron chi connectivity index (χ3n) is 2.98. The van der Waals surface area contributed by atoms with Gasteiger partial charge in [-0.25, -0.2) is 0 Å². The minimum absolute atomic E-state index is 0.0561. The molecule has 21 heavy (non-hydrogen) atoms. The van der Waals surface area contributed by atoms with E-state index in [2.05, 4.69) is 0 Å². The van der Waals surface area contributed by atoms with Gasteiger partial charge in [0.15, 0.2) is 5.78 Å². The number of rotatable bonds is 6. The van der Waals surface area contributed by atoms with Crippen molar-refractivity contribution in [3.05, 3.63) is 54.1 Å². The zero-order valence-corrected chi connectivity index (χ0v) is 12.7. The largest absolute Gasteiger partial charge is 0.497 e. The molecule has 1 atom stereocenters. The van der Waals surface area contributed by atoms with E-state index in [4.69, 9.17) is 9.47 Å². The second-order valence-corrected chi connectivity index (χ2v) is 5.77.